The zero-order valence-corrected chi connectivity index (χ0v) is 18.9. The molecule has 3 aromatic carbocycles. The second kappa shape index (κ2) is 10.5. The third-order valence-electron chi connectivity index (χ3n) is 5.71. The number of amides is 3. The Balaban J connectivity index is 1.47. The van der Waals surface area contributed by atoms with Gasteiger partial charge in [-0.2, -0.15) is 13.2 Å². The van der Waals surface area contributed by atoms with Gasteiger partial charge >= 0.3 is 12.2 Å². The van der Waals surface area contributed by atoms with Gasteiger partial charge in [0.05, 0.1) is 11.1 Å². The standard InChI is InChI=1S/C26H25F3N4O2/c27-26(28,29)19-8-10-20(11-9-19)31-25(35)32-21-12-13-23(33-14-4-5-15-33)22(16-21)24(34)30-17-18-6-2-1-3-7-18/h1-3,6-13,16H,4-5,14-15,17H2,(H,30,34)(H2,31,32,35). The molecule has 1 saturated heterocycles. The summed E-state index contributed by atoms with van der Waals surface area (Å²) in [4.78, 5) is 27.7. The molecule has 35 heavy (non-hydrogen) atoms. The molecule has 9 heteroatoms. The number of alkyl halides is 3. The molecule has 1 aliphatic heterocycles. The van der Waals surface area contributed by atoms with Gasteiger partial charge in [-0.25, -0.2) is 4.79 Å². The van der Waals surface area contributed by atoms with Crippen molar-refractivity contribution in [3.63, 3.8) is 0 Å². The van der Waals surface area contributed by atoms with Crippen LogP contribution in [0.1, 0.15) is 34.3 Å². The van der Waals surface area contributed by atoms with Crippen molar-refractivity contribution in [3.8, 4) is 0 Å². The number of hydrogen-bond donors (Lipinski definition) is 3. The summed E-state index contributed by atoms with van der Waals surface area (Å²) in [7, 11) is 0. The van der Waals surface area contributed by atoms with Crippen LogP contribution in [0.25, 0.3) is 0 Å². The Labute approximate surface area is 201 Å². The van der Waals surface area contributed by atoms with Crippen molar-refractivity contribution in [2.24, 2.45) is 0 Å². The van der Waals surface area contributed by atoms with Crippen LogP contribution in [-0.2, 0) is 12.7 Å². The maximum atomic E-state index is 13.1. The van der Waals surface area contributed by atoms with Crippen LogP contribution in [0.2, 0.25) is 0 Å². The molecule has 1 aliphatic rings. The molecule has 4 rings (SSSR count). The van der Waals surface area contributed by atoms with Crippen molar-refractivity contribution in [2.75, 3.05) is 28.6 Å². The van der Waals surface area contributed by atoms with E-state index in [1.54, 1.807) is 18.2 Å². The molecule has 0 bridgehead atoms. The molecule has 182 valence electrons. The predicted octanol–water partition coefficient (Wildman–Crippen LogP) is 5.88. The monoisotopic (exact) mass is 482 g/mol. The zero-order valence-electron chi connectivity index (χ0n) is 18.9. The van der Waals surface area contributed by atoms with Gasteiger partial charge in [0.15, 0.2) is 0 Å². The van der Waals surface area contributed by atoms with Gasteiger partial charge in [0.1, 0.15) is 0 Å². The van der Waals surface area contributed by atoms with Gasteiger partial charge in [-0.15, -0.1) is 0 Å². The first-order valence-corrected chi connectivity index (χ1v) is 11.3. The minimum Gasteiger partial charge on any atom is -0.371 e. The van der Waals surface area contributed by atoms with Gasteiger partial charge in [-0.1, -0.05) is 30.3 Å². The highest BCUT2D eigenvalue weighted by Crippen LogP contribution is 2.30. The Hall–Kier alpha value is -4.01. The van der Waals surface area contributed by atoms with Crippen LogP contribution in [0.15, 0.2) is 72.8 Å². The van der Waals surface area contributed by atoms with Crippen molar-refractivity contribution >= 4 is 29.0 Å². The van der Waals surface area contributed by atoms with Crippen LogP contribution >= 0.6 is 0 Å². The molecular weight excluding hydrogens is 457 g/mol. The summed E-state index contributed by atoms with van der Waals surface area (Å²) in [6, 6.07) is 18.2. The molecule has 0 aromatic heterocycles. The minimum absolute atomic E-state index is 0.213. The van der Waals surface area contributed by atoms with E-state index in [9.17, 15) is 22.8 Å². The van der Waals surface area contributed by atoms with E-state index in [2.05, 4.69) is 20.9 Å². The number of nitrogens with zero attached hydrogens (tertiary/aromatic N) is 1. The highest BCUT2D eigenvalue weighted by Gasteiger charge is 2.30. The highest BCUT2D eigenvalue weighted by atomic mass is 19.4. The van der Waals surface area contributed by atoms with E-state index in [0.717, 1.165) is 49.3 Å². The van der Waals surface area contributed by atoms with Gasteiger partial charge in [-0.05, 0) is 60.9 Å². The number of benzene rings is 3. The van der Waals surface area contributed by atoms with Gasteiger partial charge < -0.3 is 20.9 Å². The van der Waals surface area contributed by atoms with Crippen molar-refractivity contribution in [1.29, 1.82) is 0 Å². The number of carbonyl (C=O) groups excluding carboxylic acids is 2. The van der Waals surface area contributed by atoms with Gasteiger partial charge in [0.2, 0.25) is 0 Å². The average Bonchev–Trinajstić information content (AvgIpc) is 3.38. The molecule has 3 N–H and O–H groups in total. The largest absolute Gasteiger partial charge is 0.416 e. The van der Waals surface area contributed by atoms with E-state index in [-0.39, 0.29) is 11.6 Å². The Bertz CT molecular complexity index is 1180. The minimum atomic E-state index is -4.45. The lowest BCUT2D eigenvalue weighted by atomic mass is 10.1. The summed E-state index contributed by atoms with van der Waals surface area (Å²) in [6.07, 6.45) is -2.36. The maximum absolute atomic E-state index is 13.1. The van der Waals surface area contributed by atoms with Crippen LogP contribution in [0.5, 0.6) is 0 Å². The number of rotatable bonds is 6. The van der Waals surface area contributed by atoms with Crippen LogP contribution in [0, 0.1) is 0 Å². The molecule has 3 amide bonds. The Morgan fingerprint density at radius 2 is 1.46 bits per heavy atom. The van der Waals surface area contributed by atoms with E-state index in [1.807, 2.05) is 30.3 Å². The zero-order chi connectivity index (χ0) is 24.8. The predicted molar refractivity (Wildman–Crippen MR) is 130 cm³/mol. The number of anilines is 3. The van der Waals surface area contributed by atoms with E-state index in [4.69, 9.17) is 0 Å². The topological polar surface area (TPSA) is 73.5 Å². The number of halogens is 3. The maximum Gasteiger partial charge on any atom is 0.416 e. The molecule has 0 saturated carbocycles. The molecule has 1 fully saturated rings. The average molecular weight is 483 g/mol. The van der Waals surface area contributed by atoms with E-state index < -0.39 is 17.8 Å². The summed E-state index contributed by atoms with van der Waals surface area (Å²) >= 11 is 0. The number of nitrogens with one attached hydrogen (secondary N) is 3. The highest BCUT2D eigenvalue weighted by molar-refractivity contribution is 6.04. The van der Waals surface area contributed by atoms with Crippen molar-refractivity contribution in [2.45, 2.75) is 25.6 Å². The summed E-state index contributed by atoms with van der Waals surface area (Å²) in [5, 5.41) is 8.09. The smallest absolute Gasteiger partial charge is 0.371 e. The summed E-state index contributed by atoms with van der Waals surface area (Å²) in [5.41, 5.74) is 2.00. The lowest BCUT2D eigenvalue weighted by Crippen LogP contribution is -2.27. The quantitative estimate of drug-likeness (QED) is 0.411. The molecule has 3 aromatic rings. The molecule has 0 aliphatic carbocycles. The molecule has 1 heterocycles. The van der Waals surface area contributed by atoms with E-state index in [0.29, 0.717) is 17.8 Å². The van der Waals surface area contributed by atoms with E-state index >= 15 is 0 Å². The first-order valence-electron chi connectivity index (χ1n) is 11.3. The summed E-state index contributed by atoms with van der Waals surface area (Å²) < 4.78 is 38.2. The molecular formula is C26H25F3N4O2. The van der Waals surface area contributed by atoms with Crippen molar-refractivity contribution in [1.82, 2.24) is 5.32 Å². The van der Waals surface area contributed by atoms with Crippen LogP contribution in [0.3, 0.4) is 0 Å². The molecule has 0 radical (unpaired) electrons. The second-order valence-corrected chi connectivity index (χ2v) is 8.25. The lowest BCUT2D eigenvalue weighted by molar-refractivity contribution is -0.137. The first-order chi connectivity index (χ1) is 16.8. The van der Waals surface area contributed by atoms with E-state index in [1.165, 1.54) is 12.1 Å². The normalized spacial score (nSPS) is 13.4. The number of urea groups is 1. The van der Waals surface area contributed by atoms with Crippen molar-refractivity contribution in [3.05, 3.63) is 89.5 Å². The Morgan fingerprint density at radius 1 is 0.829 bits per heavy atom. The fourth-order valence-electron chi connectivity index (χ4n) is 3.94. The van der Waals surface area contributed by atoms with Gasteiger partial charge in [0, 0.05) is 36.7 Å². The third-order valence-corrected chi connectivity index (χ3v) is 5.71. The summed E-state index contributed by atoms with van der Waals surface area (Å²) in [6.45, 7) is 2.06. The fourth-order valence-corrected chi connectivity index (χ4v) is 3.94. The first kappa shape index (κ1) is 24.1. The second-order valence-electron chi connectivity index (χ2n) is 8.25. The number of carbonyl (C=O) groups is 2. The Kier molecular flexibility index (Phi) is 7.24. The van der Waals surface area contributed by atoms with Crippen LogP contribution in [0.4, 0.5) is 35.0 Å². The molecule has 6 nitrogen and oxygen atoms in total. The fraction of sp³-hybridized carbons (Fsp3) is 0.231. The Morgan fingerprint density at radius 3 is 2.11 bits per heavy atom. The molecule has 0 spiro atoms. The van der Waals surface area contributed by atoms with Gasteiger partial charge in [0.25, 0.3) is 5.91 Å². The summed E-state index contributed by atoms with van der Waals surface area (Å²) in [5.74, 6) is -0.262. The van der Waals surface area contributed by atoms with Crippen molar-refractivity contribution < 1.29 is 22.8 Å². The van der Waals surface area contributed by atoms with Crippen LogP contribution < -0.4 is 20.9 Å². The molecule has 0 unspecified atom stereocenters. The SMILES string of the molecule is O=C(Nc1ccc(C(F)(F)F)cc1)Nc1ccc(N2CCCC2)c(C(=O)NCc2ccccc2)c1. The van der Waals surface area contributed by atoms with Gasteiger partial charge in [-0.3, -0.25) is 4.79 Å². The third kappa shape index (κ3) is 6.32. The van der Waals surface area contributed by atoms with Crippen LogP contribution in [-0.4, -0.2) is 25.0 Å². The molecule has 0 atom stereocenters. The lowest BCUT2D eigenvalue weighted by Gasteiger charge is -2.22. The number of hydrogen-bond acceptors (Lipinski definition) is 3.